The molecule has 0 saturated heterocycles. The Labute approximate surface area is 88.0 Å². The Bertz CT molecular complexity index is 242. The van der Waals surface area contributed by atoms with Gasteiger partial charge in [-0.1, -0.05) is 11.6 Å². The van der Waals surface area contributed by atoms with Crippen molar-refractivity contribution in [1.29, 1.82) is 0 Å². The summed E-state index contributed by atoms with van der Waals surface area (Å²) in [5.41, 5.74) is 1.63. The summed E-state index contributed by atoms with van der Waals surface area (Å²) in [6, 6.07) is 0.548. The molecule has 1 aliphatic carbocycles. The summed E-state index contributed by atoms with van der Waals surface area (Å²) in [7, 11) is 2.03. The lowest BCUT2D eigenvalue weighted by Gasteiger charge is -2.18. The maximum atomic E-state index is 3.34. The van der Waals surface area contributed by atoms with Crippen LogP contribution in [-0.2, 0) is 0 Å². The van der Waals surface area contributed by atoms with Crippen LogP contribution in [0.15, 0.2) is 11.6 Å². The van der Waals surface area contributed by atoms with E-state index >= 15 is 0 Å². The van der Waals surface area contributed by atoms with Crippen molar-refractivity contribution in [3.05, 3.63) is 11.6 Å². The van der Waals surface area contributed by atoms with E-state index in [0.29, 0.717) is 6.04 Å². The Balaban J connectivity index is 2.37. The van der Waals surface area contributed by atoms with E-state index in [2.05, 4.69) is 23.2 Å². The minimum atomic E-state index is 0.548. The minimum Gasteiger partial charge on any atom is -0.316 e. The molecule has 1 nitrogen and oxygen atoms in total. The zero-order valence-corrected chi connectivity index (χ0v) is 9.40. The minimum absolute atomic E-state index is 0.548. The molecule has 0 aromatic rings. The van der Waals surface area contributed by atoms with Crippen molar-refractivity contribution < 1.29 is 0 Å². The number of rotatable bonds is 4. The SMILES string of the molecule is CC#CCC(CC1=CCCCC1)NC. The van der Waals surface area contributed by atoms with Gasteiger partial charge in [0.1, 0.15) is 0 Å². The summed E-state index contributed by atoms with van der Waals surface area (Å²) in [4.78, 5) is 0. The molecule has 78 valence electrons. The summed E-state index contributed by atoms with van der Waals surface area (Å²) in [5.74, 6) is 6.11. The van der Waals surface area contributed by atoms with Crippen LogP contribution in [0, 0.1) is 11.8 Å². The fraction of sp³-hybridized carbons (Fsp3) is 0.692. The molecule has 0 aliphatic heterocycles. The van der Waals surface area contributed by atoms with E-state index in [1.807, 2.05) is 14.0 Å². The van der Waals surface area contributed by atoms with E-state index in [-0.39, 0.29) is 0 Å². The smallest absolute Gasteiger partial charge is 0.0246 e. The third kappa shape index (κ3) is 3.98. The summed E-state index contributed by atoms with van der Waals surface area (Å²) < 4.78 is 0. The van der Waals surface area contributed by atoms with Gasteiger partial charge in [-0.3, -0.25) is 0 Å². The van der Waals surface area contributed by atoms with E-state index in [1.165, 1.54) is 32.1 Å². The first-order valence-electron chi connectivity index (χ1n) is 5.61. The second-order valence-corrected chi connectivity index (χ2v) is 3.93. The fourth-order valence-corrected chi connectivity index (χ4v) is 1.91. The van der Waals surface area contributed by atoms with Gasteiger partial charge in [0.15, 0.2) is 0 Å². The van der Waals surface area contributed by atoms with Gasteiger partial charge in [0.25, 0.3) is 0 Å². The Morgan fingerprint density at radius 1 is 1.50 bits per heavy atom. The molecule has 1 aliphatic rings. The van der Waals surface area contributed by atoms with Gasteiger partial charge in [0, 0.05) is 12.5 Å². The van der Waals surface area contributed by atoms with Crippen molar-refractivity contribution in [2.75, 3.05) is 7.05 Å². The second-order valence-electron chi connectivity index (χ2n) is 3.93. The van der Waals surface area contributed by atoms with E-state index in [0.717, 1.165) is 6.42 Å². The molecule has 1 atom stereocenters. The Morgan fingerprint density at radius 3 is 2.93 bits per heavy atom. The first kappa shape index (κ1) is 11.3. The van der Waals surface area contributed by atoms with Crippen LogP contribution in [0.4, 0.5) is 0 Å². The predicted octanol–water partition coefficient (Wildman–Crippen LogP) is 2.88. The average molecular weight is 191 g/mol. The van der Waals surface area contributed by atoms with Crippen molar-refractivity contribution >= 4 is 0 Å². The van der Waals surface area contributed by atoms with Gasteiger partial charge in [0.2, 0.25) is 0 Å². The van der Waals surface area contributed by atoms with Crippen LogP contribution in [-0.4, -0.2) is 13.1 Å². The van der Waals surface area contributed by atoms with Gasteiger partial charge in [-0.25, -0.2) is 0 Å². The second kappa shape index (κ2) is 6.68. The molecule has 0 bridgehead atoms. The maximum absolute atomic E-state index is 3.34. The quantitative estimate of drug-likeness (QED) is 0.532. The van der Waals surface area contributed by atoms with Gasteiger partial charge >= 0.3 is 0 Å². The zero-order chi connectivity index (χ0) is 10.2. The van der Waals surface area contributed by atoms with Crippen molar-refractivity contribution in [2.45, 2.75) is 51.5 Å². The fourth-order valence-electron chi connectivity index (χ4n) is 1.91. The topological polar surface area (TPSA) is 12.0 Å². The lowest BCUT2D eigenvalue weighted by Crippen LogP contribution is -2.25. The van der Waals surface area contributed by atoms with Crippen LogP contribution in [0.5, 0.6) is 0 Å². The third-order valence-corrected chi connectivity index (χ3v) is 2.83. The van der Waals surface area contributed by atoms with E-state index < -0.39 is 0 Å². The predicted molar refractivity (Wildman–Crippen MR) is 62.1 cm³/mol. The number of hydrogen-bond donors (Lipinski definition) is 1. The highest BCUT2D eigenvalue weighted by Crippen LogP contribution is 2.21. The highest BCUT2D eigenvalue weighted by molar-refractivity contribution is 5.09. The lowest BCUT2D eigenvalue weighted by atomic mass is 9.93. The Kier molecular flexibility index (Phi) is 5.40. The Hall–Kier alpha value is -0.740. The summed E-state index contributed by atoms with van der Waals surface area (Å²) in [5, 5.41) is 3.34. The molecule has 0 amide bonds. The molecule has 0 spiro atoms. The molecule has 0 aromatic heterocycles. The first-order valence-corrected chi connectivity index (χ1v) is 5.61. The molecule has 14 heavy (non-hydrogen) atoms. The van der Waals surface area contributed by atoms with Gasteiger partial charge in [0.05, 0.1) is 0 Å². The summed E-state index contributed by atoms with van der Waals surface area (Å²) in [6.07, 6.45) is 9.93. The molecular weight excluding hydrogens is 170 g/mol. The van der Waals surface area contributed by atoms with E-state index in [9.17, 15) is 0 Å². The van der Waals surface area contributed by atoms with Crippen molar-refractivity contribution in [1.82, 2.24) is 5.32 Å². The van der Waals surface area contributed by atoms with Crippen LogP contribution >= 0.6 is 0 Å². The molecule has 1 heteroatoms. The van der Waals surface area contributed by atoms with Gasteiger partial charge in [-0.15, -0.1) is 11.8 Å². The van der Waals surface area contributed by atoms with Crippen LogP contribution in [0.1, 0.15) is 45.4 Å². The molecule has 1 N–H and O–H groups in total. The monoisotopic (exact) mass is 191 g/mol. The molecule has 0 saturated carbocycles. The van der Waals surface area contributed by atoms with Crippen LogP contribution < -0.4 is 5.32 Å². The van der Waals surface area contributed by atoms with E-state index in [4.69, 9.17) is 0 Å². The van der Waals surface area contributed by atoms with Gasteiger partial charge in [-0.05, 0) is 46.1 Å². The molecule has 0 radical (unpaired) electrons. The molecule has 0 fully saturated rings. The van der Waals surface area contributed by atoms with Gasteiger partial charge < -0.3 is 5.32 Å². The number of allylic oxidation sites excluding steroid dienone is 1. The molecular formula is C13H21N. The highest BCUT2D eigenvalue weighted by Gasteiger charge is 2.09. The molecule has 0 aromatic carbocycles. The van der Waals surface area contributed by atoms with E-state index in [1.54, 1.807) is 5.57 Å². The summed E-state index contributed by atoms with van der Waals surface area (Å²) >= 11 is 0. The molecule has 1 unspecified atom stereocenters. The maximum Gasteiger partial charge on any atom is 0.0246 e. The van der Waals surface area contributed by atoms with Gasteiger partial charge in [-0.2, -0.15) is 0 Å². The number of hydrogen-bond acceptors (Lipinski definition) is 1. The largest absolute Gasteiger partial charge is 0.316 e. The highest BCUT2D eigenvalue weighted by atomic mass is 14.9. The first-order chi connectivity index (χ1) is 6.86. The van der Waals surface area contributed by atoms with Crippen LogP contribution in [0.3, 0.4) is 0 Å². The standard InChI is InChI=1S/C13H21N/c1-3-4-10-13(14-2)11-12-8-6-5-7-9-12/h8,13-14H,5-7,9-11H2,1-2H3. The average Bonchev–Trinajstić information content (AvgIpc) is 2.25. The Morgan fingerprint density at radius 2 is 2.36 bits per heavy atom. The van der Waals surface area contributed by atoms with Crippen LogP contribution in [0.2, 0.25) is 0 Å². The summed E-state index contributed by atoms with van der Waals surface area (Å²) in [6.45, 7) is 1.91. The van der Waals surface area contributed by atoms with Crippen molar-refractivity contribution in [3.63, 3.8) is 0 Å². The molecule has 1 rings (SSSR count). The zero-order valence-electron chi connectivity index (χ0n) is 9.40. The normalized spacial score (nSPS) is 18.0. The van der Waals surface area contributed by atoms with Crippen molar-refractivity contribution in [2.24, 2.45) is 0 Å². The van der Waals surface area contributed by atoms with Crippen molar-refractivity contribution in [3.8, 4) is 11.8 Å². The third-order valence-electron chi connectivity index (χ3n) is 2.83. The molecule has 0 heterocycles. The lowest BCUT2D eigenvalue weighted by molar-refractivity contribution is 0.545. The number of nitrogens with one attached hydrogen (secondary N) is 1. The van der Waals surface area contributed by atoms with Crippen LogP contribution in [0.25, 0.3) is 0 Å².